The number of aromatic nitrogens is 1. The van der Waals surface area contributed by atoms with Crippen LogP contribution < -0.4 is 15.8 Å². The molecular formula is C21H25N5O6S. The van der Waals surface area contributed by atoms with E-state index in [-0.39, 0.29) is 22.9 Å². The van der Waals surface area contributed by atoms with Crippen molar-refractivity contribution in [1.82, 2.24) is 15.0 Å². The van der Waals surface area contributed by atoms with Gasteiger partial charge in [-0.15, -0.1) is 0 Å². The highest BCUT2D eigenvalue weighted by molar-refractivity contribution is 7.89. The first-order chi connectivity index (χ1) is 15.7. The van der Waals surface area contributed by atoms with Gasteiger partial charge in [-0.1, -0.05) is 36.3 Å². The fourth-order valence-electron chi connectivity index (χ4n) is 3.42. The smallest absolute Gasteiger partial charge is 0.323 e. The predicted molar refractivity (Wildman–Crippen MR) is 120 cm³/mol. The van der Waals surface area contributed by atoms with E-state index in [9.17, 15) is 23.1 Å². The number of carboxylic acids is 1. The second kappa shape index (κ2) is 10.4. The average Bonchev–Trinajstić information content (AvgIpc) is 3.27. The van der Waals surface area contributed by atoms with E-state index >= 15 is 0 Å². The largest absolute Gasteiger partial charge is 0.480 e. The average molecular weight is 476 g/mol. The van der Waals surface area contributed by atoms with Crippen LogP contribution in [0.4, 0.5) is 5.82 Å². The van der Waals surface area contributed by atoms with Gasteiger partial charge in [0.05, 0.1) is 4.90 Å². The van der Waals surface area contributed by atoms with Gasteiger partial charge in [0, 0.05) is 24.6 Å². The second-order valence-corrected chi connectivity index (χ2v) is 9.14. The summed E-state index contributed by atoms with van der Waals surface area (Å²) in [5.74, 6) is -1.85. The van der Waals surface area contributed by atoms with E-state index < -0.39 is 40.6 Å². The van der Waals surface area contributed by atoms with Crippen LogP contribution in [0.5, 0.6) is 0 Å². The van der Waals surface area contributed by atoms with Crippen molar-refractivity contribution < 1.29 is 28.0 Å². The molecule has 1 aromatic carbocycles. The van der Waals surface area contributed by atoms with Crippen molar-refractivity contribution in [3.63, 3.8) is 0 Å². The molecule has 0 saturated carbocycles. The topological polar surface area (TPSA) is 173 Å². The number of sulfonamides is 1. The third-order valence-corrected chi connectivity index (χ3v) is 6.62. The monoisotopic (exact) mass is 475 g/mol. The highest BCUT2D eigenvalue weighted by atomic mass is 32.2. The Labute approximate surface area is 191 Å². The lowest BCUT2D eigenvalue weighted by molar-refractivity contribution is -0.138. The van der Waals surface area contributed by atoms with E-state index in [1.807, 2.05) is 13.0 Å². The van der Waals surface area contributed by atoms with Crippen molar-refractivity contribution >= 4 is 33.4 Å². The van der Waals surface area contributed by atoms with Gasteiger partial charge in [-0.25, -0.2) is 13.4 Å². The van der Waals surface area contributed by atoms with Crippen LogP contribution in [0.15, 0.2) is 58.6 Å². The minimum Gasteiger partial charge on any atom is -0.480 e. The van der Waals surface area contributed by atoms with E-state index in [0.717, 1.165) is 5.69 Å². The molecule has 5 N–H and O–H groups in total. The summed E-state index contributed by atoms with van der Waals surface area (Å²) in [5.41, 5.74) is 6.56. The van der Waals surface area contributed by atoms with E-state index in [2.05, 4.69) is 20.2 Å². The number of carbonyl (C=O) groups excluding carboxylic acids is 1. The van der Waals surface area contributed by atoms with Gasteiger partial charge in [0.1, 0.15) is 23.7 Å². The van der Waals surface area contributed by atoms with Crippen molar-refractivity contribution in [2.45, 2.75) is 42.7 Å². The van der Waals surface area contributed by atoms with Crippen molar-refractivity contribution in [1.29, 1.82) is 0 Å². The molecule has 2 heterocycles. The fraction of sp³-hybridized carbons (Fsp3) is 0.333. The molecule has 0 radical (unpaired) electrons. The molecule has 0 fully saturated rings. The van der Waals surface area contributed by atoms with Crippen LogP contribution in [0.25, 0.3) is 0 Å². The molecule has 2 aromatic rings. The van der Waals surface area contributed by atoms with Crippen LogP contribution >= 0.6 is 0 Å². The van der Waals surface area contributed by atoms with Crippen LogP contribution in [0, 0.1) is 0 Å². The third-order valence-electron chi connectivity index (χ3n) is 5.13. The molecule has 3 unspecified atom stereocenters. The number of nitrogens with zero attached hydrogens (tertiary/aromatic N) is 2. The first-order valence-electron chi connectivity index (χ1n) is 10.2. The number of amides is 1. The number of nitrogens with one attached hydrogen (secondary N) is 2. The Bertz CT molecular complexity index is 1140. The van der Waals surface area contributed by atoms with Crippen molar-refractivity contribution in [2.24, 2.45) is 5.16 Å². The summed E-state index contributed by atoms with van der Waals surface area (Å²) in [6, 6.07) is 11.1. The molecule has 11 nitrogen and oxygen atoms in total. The summed E-state index contributed by atoms with van der Waals surface area (Å²) in [5, 5.41) is 15.7. The molecule has 3 rings (SSSR count). The second-order valence-electron chi connectivity index (χ2n) is 7.42. The molecule has 33 heavy (non-hydrogen) atoms. The van der Waals surface area contributed by atoms with Crippen LogP contribution in [0.2, 0.25) is 0 Å². The summed E-state index contributed by atoms with van der Waals surface area (Å²) in [6.07, 6.45) is 0.430. The number of aliphatic carboxylic acids is 1. The molecule has 12 heteroatoms. The molecular weight excluding hydrogens is 450 g/mol. The van der Waals surface area contributed by atoms with Crippen LogP contribution in [-0.4, -0.2) is 54.8 Å². The Kier molecular flexibility index (Phi) is 7.61. The molecule has 0 bridgehead atoms. The number of benzene rings is 1. The van der Waals surface area contributed by atoms with Crippen LogP contribution in [0.1, 0.15) is 31.4 Å². The number of nitrogens with two attached hydrogens (primary N) is 1. The molecule has 1 amide bonds. The number of anilines is 1. The van der Waals surface area contributed by atoms with Gasteiger partial charge in [0.15, 0.2) is 0 Å². The van der Waals surface area contributed by atoms with Crippen molar-refractivity contribution in [3.05, 3.63) is 54.2 Å². The molecule has 3 atom stereocenters. The Hall–Kier alpha value is -3.51. The van der Waals surface area contributed by atoms with Gasteiger partial charge in [-0.3, -0.25) is 9.59 Å². The first kappa shape index (κ1) is 24.1. The predicted octanol–water partition coefficient (Wildman–Crippen LogP) is 0.850. The SMILES string of the molecule is CCC(c1cccc(N)n1)C1CC(C(=O)NCC(NS(=O)(=O)c2ccccc2)C(=O)O)=NO1. The maximum absolute atomic E-state index is 12.5. The Morgan fingerprint density at radius 3 is 2.58 bits per heavy atom. The van der Waals surface area contributed by atoms with Gasteiger partial charge >= 0.3 is 5.97 Å². The lowest BCUT2D eigenvalue weighted by atomic mass is 9.92. The standard InChI is InChI=1S/C21H25N5O6S/c1-2-14(15-9-6-10-19(22)24-15)18-11-16(25-32-18)20(27)23-12-17(21(28)29)26-33(30,31)13-7-4-3-5-8-13/h3-10,14,17-18,26H,2,11-12H2,1H3,(H2,22,24)(H,23,27)(H,28,29). The number of carbonyl (C=O) groups is 2. The van der Waals surface area contributed by atoms with Gasteiger partial charge in [-0.2, -0.15) is 4.72 Å². The minimum atomic E-state index is -4.08. The van der Waals surface area contributed by atoms with E-state index in [1.54, 1.807) is 18.2 Å². The molecule has 1 aromatic heterocycles. The highest BCUT2D eigenvalue weighted by Crippen LogP contribution is 2.30. The number of rotatable bonds is 10. The number of hydrogen-bond acceptors (Lipinski definition) is 8. The highest BCUT2D eigenvalue weighted by Gasteiger charge is 2.34. The number of nitrogen functional groups attached to an aromatic ring is 1. The van der Waals surface area contributed by atoms with Gasteiger partial charge < -0.3 is 21.0 Å². The summed E-state index contributed by atoms with van der Waals surface area (Å²) in [4.78, 5) is 33.8. The van der Waals surface area contributed by atoms with Crippen LogP contribution in [-0.2, 0) is 24.4 Å². The zero-order chi connectivity index (χ0) is 24.0. The van der Waals surface area contributed by atoms with E-state index in [4.69, 9.17) is 10.6 Å². The van der Waals surface area contributed by atoms with E-state index in [1.165, 1.54) is 24.3 Å². The number of pyridine rings is 1. The van der Waals surface area contributed by atoms with Crippen molar-refractivity contribution in [2.75, 3.05) is 12.3 Å². The summed E-state index contributed by atoms with van der Waals surface area (Å²) in [6.45, 7) is 1.48. The Morgan fingerprint density at radius 2 is 1.94 bits per heavy atom. The molecule has 176 valence electrons. The summed E-state index contributed by atoms with van der Waals surface area (Å²) in [7, 11) is -4.08. The Balaban J connectivity index is 1.59. The van der Waals surface area contributed by atoms with Gasteiger partial charge in [-0.05, 0) is 30.7 Å². The maximum Gasteiger partial charge on any atom is 0.323 e. The molecule has 1 aliphatic heterocycles. The number of hydrogen-bond donors (Lipinski definition) is 4. The van der Waals surface area contributed by atoms with Gasteiger partial charge in [0.25, 0.3) is 5.91 Å². The maximum atomic E-state index is 12.5. The summed E-state index contributed by atoms with van der Waals surface area (Å²) >= 11 is 0. The zero-order valence-electron chi connectivity index (χ0n) is 17.8. The molecule has 0 spiro atoms. The fourth-order valence-corrected chi connectivity index (χ4v) is 4.63. The molecule has 1 aliphatic rings. The molecule has 0 saturated heterocycles. The quantitative estimate of drug-likeness (QED) is 0.391. The number of carboxylic acid groups (broad SMARTS) is 1. The normalized spacial score (nSPS) is 17.5. The first-order valence-corrected chi connectivity index (χ1v) is 11.7. The third kappa shape index (κ3) is 6.05. The molecule has 0 aliphatic carbocycles. The van der Waals surface area contributed by atoms with Gasteiger partial charge in [0.2, 0.25) is 10.0 Å². The lowest BCUT2D eigenvalue weighted by Crippen LogP contribution is -2.49. The minimum absolute atomic E-state index is 0.0809. The number of oxime groups is 1. The van der Waals surface area contributed by atoms with E-state index in [0.29, 0.717) is 12.2 Å². The van der Waals surface area contributed by atoms with Crippen LogP contribution in [0.3, 0.4) is 0 Å². The summed E-state index contributed by atoms with van der Waals surface area (Å²) < 4.78 is 26.9. The lowest BCUT2D eigenvalue weighted by Gasteiger charge is -2.20. The Morgan fingerprint density at radius 1 is 1.21 bits per heavy atom. The zero-order valence-corrected chi connectivity index (χ0v) is 18.7. The van der Waals surface area contributed by atoms with Crippen molar-refractivity contribution in [3.8, 4) is 0 Å².